The van der Waals surface area contributed by atoms with Crippen molar-refractivity contribution in [3.63, 3.8) is 0 Å². The molecule has 0 saturated heterocycles. The Morgan fingerprint density at radius 3 is 1.67 bits per heavy atom. The summed E-state index contributed by atoms with van der Waals surface area (Å²) in [5.41, 5.74) is 0. The molecule has 9 heavy (non-hydrogen) atoms. The van der Waals surface area contributed by atoms with Crippen molar-refractivity contribution in [2.75, 3.05) is 5.33 Å². The summed E-state index contributed by atoms with van der Waals surface area (Å²) in [7, 11) is -3.25. The maximum atomic E-state index is 10.7. The van der Waals surface area contributed by atoms with Gasteiger partial charge >= 0.3 is 0 Å². The van der Waals surface area contributed by atoms with Gasteiger partial charge in [0.25, 0.3) is 0 Å². The molecule has 0 saturated carbocycles. The minimum Gasteiger partial charge on any atom is -0.215 e. The van der Waals surface area contributed by atoms with Gasteiger partial charge in [0.1, 0.15) is 0 Å². The molecule has 0 bridgehead atoms. The summed E-state index contributed by atoms with van der Waals surface area (Å²) in [6.45, 7) is 0. The first-order valence-corrected chi connectivity index (χ1v) is 7.72. The first-order valence-electron chi connectivity index (χ1n) is 1.69. The molecule has 7 heteroatoms. The summed E-state index contributed by atoms with van der Waals surface area (Å²) in [5.74, 6) is 0. The molecule has 0 N–H and O–H groups in total. The third kappa shape index (κ3) is 3.18. The van der Waals surface area contributed by atoms with Crippen LogP contribution < -0.4 is 0 Å². The Balaban J connectivity index is 4.56. The second kappa shape index (κ2) is 3.51. The highest BCUT2D eigenvalue weighted by molar-refractivity contribution is 9.51. The molecule has 0 aliphatic heterocycles. The van der Waals surface area contributed by atoms with Crippen LogP contribution in [0.25, 0.3) is 0 Å². The number of halogens is 4. The number of rotatable bonds is 2. The Labute approximate surface area is 86.3 Å². The summed E-state index contributed by atoms with van der Waals surface area (Å²) in [4.78, 5) is 0. The van der Waals surface area contributed by atoms with E-state index in [0.717, 1.165) is 0 Å². The maximum absolute atomic E-state index is 10.7. The zero-order valence-corrected chi connectivity index (χ0v) is 11.1. The van der Waals surface area contributed by atoms with Gasteiger partial charge in [0.05, 0.1) is 14.8 Å². The van der Waals surface area contributed by atoms with Crippen molar-refractivity contribution in [1.29, 1.82) is 0 Å². The Kier molecular flexibility index (Phi) is 4.24. The van der Waals surface area contributed by atoms with Gasteiger partial charge in [-0.2, -0.15) is 0 Å². The van der Waals surface area contributed by atoms with Crippen molar-refractivity contribution < 1.29 is 8.42 Å². The van der Waals surface area contributed by atoms with E-state index in [4.69, 9.17) is 0 Å². The van der Waals surface area contributed by atoms with Crippen LogP contribution in [0.1, 0.15) is 0 Å². The Hall–Kier alpha value is 1.87. The number of hydrogen-bond donors (Lipinski definition) is 0. The van der Waals surface area contributed by atoms with E-state index >= 15 is 0 Å². The fraction of sp³-hybridized carbons (Fsp3) is 1.00. The average Bonchev–Trinajstić information content (AvgIpc) is 1.64. The Bertz CT molecular complexity index is 183. The normalized spacial score (nSPS) is 13.8. The molecule has 0 rings (SSSR count). The molecule has 0 heterocycles. The lowest BCUT2D eigenvalue weighted by atomic mass is 11.0. The topological polar surface area (TPSA) is 34.1 Å². The first kappa shape index (κ1) is 10.9. The van der Waals surface area contributed by atoms with Crippen molar-refractivity contribution in [1.82, 2.24) is 0 Å². The smallest absolute Gasteiger partial charge is 0.215 e. The van der Waals surface area contributed by atoms with Crippen LogP contribution in [0.2, 0.25) is 0 Å². The SMILES string of the molecule is O=S(=O)(Br)C(Br)(Br)CBr. The van der Waals surface area contributed by atoms with E-state index in [0.29, 0.717) is 0 Å². The molecule has 0 aromatic carbocycles. The molecule has 0 radical (unpaired) electrons. The summed E-state index contributed by atoms with van der Waals surface area (Å²) in [5, 5.41) is 0.271. The van der Waals surface area contributed by atoms with Crippen LogP contribution in [0.3, 0.4) is 0 Å². The molecule has 0 aliphatic carbocycles. The highest BCUT2D eigenvalue weighted by atomic mass is 79.9. The second-order valence-corrected chi connectivity index (χ2v) is 10.7. The summed E-state index contributed by atoms with van der Waals surface area (Å²) < 4.78 is 20.3. The van der Waals surface area contributed by atoms with Crippen LogP contribution in [-0.2, 0) is 8.27 Å². The molecule has 0 unspecified atom stereocenters. The predicted molar refractivity (Wildman–Crippen MR) is 52.2 cm³/mol. The van der Waals surface area contributed by atoms with E-state index in [2.05, 4.69) is 62.6 Å². The lowest BCUT2D eigenvalue weighted by molar-refractivity contribution is 0.610. The lowest BCUT2D eigenvalue weighted by Crippen LogP contribution is -2.20. The van der Waals surface area contributed by atoms with E-state index < -0.39 is 10.8 Å². The average molecular weight is 410 g/mol. The zero-order chi connectivity index (χ0) is 7.71. The van der Waals surface area contributed by atoms with Crippen LogP contribution in [0.15, 0.2) is 0 Å². The van der Waals surface area contributed by atoms with Crippen molar-refractivity contribution >= 4 is 70.9 Å². The van der Waals surface area contributed by atoms with Crippen LogP contribution >= 0.6 is 62.6 Å². The minimum absolute atomic E-state index is 0.271. The number of alkyl halides is 3. The third-order valence-corrected chi connectivity index (χ3v) is 11.5. The van der Waals surface area contributed by atoms with Gasteiger partial charge in [-0.3, -0.25) is 0 Å². The molecular formula is C2H2Br4O2S. The van der Waals surface area contributed by atoms with Gasteiger partial charge in [0.2, 0.25) is 10.8 Å². The molecule has 0 aromatic rings. The summed E-state index contributed by atoms with van der Waals surface area (Å²) in [6, 6.07) is 0. The van der Waals surface area contributed by atoms with Gasteiger partial charge in [-0.15, -0.1) is 0 Å². The maximum Gasteiger partial charge on any atom is 0.235 e. The van der Waals surface area contributed by atoms with Crippen molar-refractivity contribution in [3.8, 4) is 0 Å². The fourth-order valence-electron chi connectivity index (χ4n) is 0.0652. The highest BCUT2D eigenvalue weighted by Gasteiger charge is 2.35. The van der Waals surface area contributed by atoms with Gasteiger partial charge in [-0.05, 0) is 0 Å². The largest absolute Gasteiger partial charge is 0.235 e. The van der Waals surface area contributed by atoms with Crippen LogP contribution in [0.5, 0.6) is 0 Å². The van der Waals surface area contributed by atoms with Gasteiger partial charge < -0.3 is 0 Å². The van der Waals surface area contributed by atoms with E-state index in [9.17, 15) is 8.42 Å². The molecule has 56 valence electrons. The van der Waals surface area contributed by atoms with Gasteiger partial charge in [0, 0.05) is 5.33 Å². The zero-order valence-electron chi connectivity index (χ0n) is 3.94. The van der Waals surface area contributed by atoms with Gasteiger partial charge in [0.15, 0.2) is 0 Å². The van der Waals surface area contributed by atoms with Crippen LogP contribution in [0, 0.1) is 0 Å². The third-order valence-electron chi connectivity index (χ3n) is 0.512. The monoisotopic (exact) mass is 406 g/mol. The van der Waals surface area contributed by atoms with Crippen molar-refractivity contribution in [2.24, 2.45) is 0 Å². The molecule has 2 nitrogen and oxygen atoms in total. The molecule has 0 aromatic heterocycles. The van der Waals surface area contributed by atoms with E-state index in [-0.39, 0.29) is 5.33 Å². The molecule has 0 amide bonds. The molecule has 0 spiro atoms. The minimum atomic E-state index is -3.25. The molecular weight excluding hydrogens is 408 g/mol. The number of hydrogen-bond acceptors (Lipinski definition) is 2. The predicted octanol–water partition coefficient (Wildman–Crippen LogP) is 2.55. The second-order valence-electron chi connectivity index (χ2n) is 1.21. The highest BCUT2D eigenvalue weighted by Crippen LogP contribution is 2.37. The van der Waals surface area contributed by atoms with Crippen molar-refractivity contribution in [3.05, 3.63) is 0 Å². The molecule has 0 fully saturated rings. The van der Waals surface area contributed by atoms with Gasteiger partial charge in [-0.25, -0.2) is 8.42 Å². The van der Waals surface area contributed by atoms with E-state index in [1.807, 2.05) is 0 Å². The Morgan fingerprint density at radius 2 is 1.67 bits per heavy atom. The standard InChI is InChI=1S/C2H2Br4O2S/c3-1-2(4,5)9(6,7)8/h1H2. The van der Waals surface area contributed by atoms with Gasteiger partial charge in [-0.1, -0.05) is 47.8 Å². The fourth-order valence-corrected chi connectivity index (χ4v) is 2.36. The molecule has 0 atom stereocenters. The first-order chi connectivity index (χ1) is 3.81. The van der Waals surface area contributed by atoms with E-state index in [1.54, 1.807) is 0 Å². The quantitative estimate of drug-likeness (QED) is 0.519. The lowest BCUT2D eigenvalue weighted by Gasteiger charge is -2.11. The summed E-state index contributed by atoms with van der Waals surface area (Å²) >= 11 is 11.4. The van der Waals surface area contributed by atoms with Crippen molar-refractivity contribution in [2.45, 2.75) is 2.57 Å². The van der Waals surface area contributed by atoms with Crippen LogP contribution in [-0.4, -0.2) is 16.3 Å². The molecule has 0 aliphatic rings. The van der Waals surface area contributed by atoms with E-state index in [1.165, 1.54) is 0 Å². The van der Waals surface area contributed by atoms with Crippen LogP contribution in [0.4, 0.5) is 0 Å². The Morgan fingerprint density at radius 1 is 1.33 bits per heavy atom. The summed E-state index contributed by atoms with van der Waals surface area (Å²) in [6.07, 6.45) is 0.